The molecule has 0 saturated heterocycles. The Balaban J connectivity index is 2.12. The van der Waals surface area contributed by atoms with Crippen molar-refractivity contribution < 1.29 is 19.8 Å². The Labute approximate surface area is 145 Å². The third-order valence-corrected chi connectivity index (χ3v) is 4.09. The fourth-order valence-corrected chi connectivity index (χ4v) is 2.69. The van der Waals surface area contributed by atoms with E-state index in [9.17, 15) is 19.8 Å². The fraction of sp³-hybridized carbons (Fsp3) is 0.222. The van der Waals surface area contributed by atoms with Crippen LogP contribution in [0.25, 0.3) is 0 Å². The molecule has 0 spiro atoms. The number of carboxylic acids is 1. The number of benzene rings is 2. The van der Waals surface area contributed by atoms with Crippen molar-refractivity contribution in [3.05, 3.63) is 65.7 Å². The van der Waals surface area contributed by atoms with Crippen LogP contribution in [0.5, 0.6) is 5.75 Å². The van der Waals surface area contributed by atoms with Crippen molar-refractivity contribution in [3.8, 4) is 5.75 Å². The predicted octanol–water partition coefficient (Wildman–Crippen LogP) is 2.42. The monoisotopic (exact) mass is 345 g/mol. The zero-order valence-corrected chi connectivity index (χ0v) is 13.8. The number of nitrogens with one attached hydrogen (secondary N) is 1. The van der Waals surface area contributed by atoms with Crippen molar-refractivity contribution in [2.24, 2.45) is 5.92 Å². The summed E-state index contributed by atoms with van der Waals surface area (Å²) >= 11 is 4.21. The number of carbonyl (C=O) groups is 2. The van der Waals surface area contributed by atoms with E-state index < -0.39 is 17.9 Å². The van der Waals surface area contributed by atoms with Gasteiger partial charge in [-0.25, -0.2) is 4.79 Å². The zero-order valence-electron chi connectivity index (χ0n) is 12.9. The number of rotatable bonds is 7. The average Bonchev–Trinajstić information content (AvgIpc) is 2.58. The normalized spacial score (nSPS) is 13.0. The van der Waals surface area contributed by atoms with Crippen molar-refractivity contribution in [2.75, 3.05) is 5.75 Å². The quantitative estimate of drug-likeness (QED) is 0.581. The first-order valence-electron chi connectivity index (χ1n) is 7.48. The molecule has 0 aliphatic heterocycles. The van der Waals surface area contributed by atoms with Gasteiger partial charge >= 0.3 is 5.97 Å². The van der Waals surface area contributed by atoms with Gasteiger partial charge in [0.25, 0.3) is 0 Å². The number of carboxylic acid groups (broad SMARTS) is 1. The average molecular weight is 345 g/mol. The number of amides is 1. The molecule has 126 valence electrons. The first-order chi connectivity index (χ1) is 11.5. The molecule has 0 radical (unpaired) electrons. The van der Waals surface area contributed by atoms with Crippen LogP contribution in [0.15, 0.2) is 54.6 Å². The van der Waals surface area contributed by atoms with Crippen molar-refractivity contribution in [1.29, 1.82) is 0 Å². The zero-order chi connectivity index (χ0) is 17.5. The van der Waals surface area contributed by atoms with Crippen LogP contribution < -0.4 is 5.32 Å². The minimum absolute atomic E-state index is 0.0528. The van der Waals surface area contributed by atoms with Crippen LogP contribution in [0.1, 0.15) is 17.2 Å². The Hall–Kier alpha value is -2.47. The Morgan fingerprint density at radius 1 is 1.08 bits per heavy atom. The number of aliphatic carboxylic acids is 1. The molecular formula is C18H19NO4S. The minimum atomic E-state index is -1.22. The summed E-state index contributed by atoms with van der Waals surface area (Å²) in [4.78, 5) is 24.0. The topological polar surface area (TPSA) is 86.6 Å². The summed E-state index contributed by atoms with van der Waals surface area (Å²) in [6, 6.07) is 14.1. The molecule has 0 aliphatic rings. The Kier molecular flexibility index (Phi) is 6.26. The number of phenols is 1. The molecule has 2 aromatic carbocycles. The van der Waals surface area contributed by atoms with Crippen molar-refractivity contribution in [2.45, 2.75) is 12.5 Å². The number of thiol groups is 1. The highest BCUT2D eigenvalue weighted by Gasteiger charge is 2.26. The minimum Gasteiger partial charge on any atom is -0.508 e. The van der Waals surface area contributed by atoms with E-state index in [1.54, 1.807) is 6.07 Å². The summed E-state index contributed by atoms with van der Waals surface area (Å²) < 4.78 is 0. The fourth-order valence-electron chi connectivity index (χ4n) is 2.39. The van der Waals surface area contributed by atoms with Gasteiger partial charge in [-0.1, -0.05) is 42.5 Å². The molecule has 0 heterocycles. The van der Waals surface area contributed by atoms with E-state index in [0.29, 0.717) is 17.7 Å². The third-order valence-electron chi connectivity index (χ3n) is 3.65. The Morgan fingerprint density at radius 2 is 1.79 bits per heavy atom. The smallest absolute Gasteiger partial charge is 0.330 e. The molecule has 0 bridgehead atoms. The first kappa shape index (κ1) is 17.9. The molecule has 0 aliphatic carbocycles. The van der Waals surface area contributed by atoms with E-state index >= 15 is 0 Å². The lowest BCUT2D eigenvalue weighted by molar-refractivity contribution is -0.142. The molecule has 0 aromatic heterocycles. The van der Waals surface area contributed by atoms with Crippen molar-refractivity contribution in [1.82, 2.24) is 5.32 Å². The summed E-state index contributed by atoms with van der Waals surface area (Å²) in [6.45, 7) is 0. The van der Waals surface area contributed by atoms with Crippen LogP contribution in [-0.4, -0.2) is 27.8 Å². The Morgan fingerprint density at radius 3 is 2.38 bits per heavy atom. The van der Waals surface area contributed by atoms with Gasteiger partial charge in [0, 0.05) is 5.75 Å². The molecule has 5 nitrogen and oxygen atoms in total. The van der Waals surface area contributed by atoms with E-state index in [1.165, 1.54) is 18.2 Å². The summed E-state index contributed by atoms with van der Waals surface area (Å²) in [6.07, 6.45) is 0.475. The van der Waals surface area contributed by atoms with Gasteiger partial charge in [0.15, 0.2) is 6.04 Å². The van der Waals surface area contributed by atoms with E-state index in [1.807, 2.05) is 30.3 Å². The van der Waals surface area contributed by atoms with E-state index in [4.69, 9.17) is 0 Å². The maximum Gasteiger partial charge on any atom is 0.330 e. The van der Waals surface area contributed by atoms with E-state index in [2.05, 4.69) is 17.9 Å². The third kappa shape index (κ3) is 4.76. The lowest BCUT2D eigenvalue weighted by Crippen LogP contribution is -2.39. The second-order valence-electron chi connectivity index (χ2n) is 5.44. The highest BCUT2D eigenvalue weighted by molar-refractivity contribution is 7.80. The first-order valence-corrected chi connectivity index (χ1v) is 8.11. The molecule has 0 fully saturated rings. The van der Waals surface area contributed by atoms with E-state index in [0.717, 1.165) is 5.56 Å². The van der Waals surface area contributed by atoms with Gasteiger partial charge < -0.3 is 15.5 Å². The predicted molar refractivity (Wildman–Crippen MR) is 94.1 cm³/mol. The van der Waals surface area contributed by atoms with Crippen LogP contribution in [0.3, 0.4) is 0 Å². The largest absolute Gasteiger partial charge is 0.508 e. The maximum absolute atomic E-state index is 12.5. The van der Waals surface area contributed by atoms with Crippen LogP contribution in [0.4, 0.5) is 0 Å². The van der Waals surface area contributed by atoms with Gasteiger partial charge in [-0.15, -0.1) is 0 Å². The SMILES string of the molecule is O=C(NC(C(=O)O)c1cccc(O)c1)C(CS)Cc1ccccc1. The van der Waals surface area contributed by atoms with Gasteiger partial charge in [-0.2, -0.15) is 12.6 Å². The lowest BCUT2D eigenvalue weighted by Gasteiger charge is -2.20. The molecule has 0 saturated carbocycles. The van der Waals surface area contributed by atoms with Crippen LogP contribution in [-0.2, 0) is 16.0 Å². The molecule has 24 heavy (non-hydrogen) atoms. The van der Waals surface area contributed by atoms with Gasteiger partial charge in [-0.3, -0.25) is 4.79 Å². The molecule has 6 heteroatoms. The number of aromatic hydroxyl groups is 1. The summed E-state index contributed by atoms with van der Waals surface area (Å²) in [5.74, 6) is -1.78. The summed E-state index contributed by atoms with van der Waals surface area (Å²) in [7, 11) is 0. The van der Waals surface area contributed by atoms with Crippen LogP contribution in [0, 0.1) is 5.92 Å². The molecule has 2 unspecified atom stereocenters. The van der Waals surface area contributed by atoms with Gasteiger partial charge in [-0.05, 0) is 29.7 Å². The van der Waals surface area contributed by atoms with Crippen LogP contribution >= 0.6 is 12.6 Å². The van der Waals surface area contributed by atoms with Crippen LogP contribution in [0.2, 0.25) is 0 Å². The second-order valence-corrected chi connectivity index (χ2v) is 5.81. The van der Waals surface area contributed by atoms with Gasteiger partial charge in [0.1, 0.15) is 5.75 Å². The van der Waals surface area contributed by atoms with Crippen molar-refractivity contribution in [3.63, 3.8) is 0 Å². The number of hydrogen-bond donors (Lipinski definition) is 4. The summed E-state index contributed by atoms with van der Waals surface area (Å²) in [5, 5.41) is 21.4. The lowest BCUT2D eigenvalue weighted by atomic mass is 9.99. The van der Waals surface area contributed by atoms with Gasteiger partial charge in [0.2, 0.25) is 5.91 Å². The number of phenolic OH excluding ortho intramolecular Hbond substituents is 1. The Bertz CT molecular complexity index is 705. The highest BCUT2D eigenvalue weighted by atomic mass is 32.1. The highest BCUT2D eigenvalue weighted by Crippen LogP contribution is 2.20. The number of hydrogen-bond acceptors (Lipinski definition) is 4. The molecular weight excluding hydrogens is 326 g/mol. The molecule has 2 rings (SSSR count). The molecule has 3 N–H and O–H groups in total. The van der Waals surface area contributed by atoms with E-state index in [-0.39, 0.29) is 11.7 Å². The second kappa shape index (κ2) is 8.40. The maximum atomic E-state index is 12.5. The summed E-state index contributed by atoms with van der Waals surface area (Å²) in [5.41, 5.74) is 1.30. The molecule has 2 aromatic rings. The van der Waals surface area contributed by atoms with Crippen molar-refractivity contribution >= 4 is 24.5 Å². The molecule has 2 atom stereocenters. The van der Waals surface area contributed by atoms with Gasteiger partial charge in [0.05, 0.1) is 5.92 Å². The number of carbonyl (C=O) groups excluding carboxylic acids is 1. The standard InChI is InChI=1S/C18H19NO4S/c20-15-8-4-7-13(10-15)16(18(22)23)19-17(21)14(11-24)9-12-5-2-1-3-6-12/h1-8,10,14,16,20,24H,9,11H2,(H,19,21)(H,22,23). The molecule has 1 amide bonds.